The van der Waals surface area contributed by atoms with Crippen molar-refractivity contribution in [2.45, 2.75) is 33.6 Å². The highest BCUT2D eigenvalue weighted by molar-refractivity contribution is 5.92. The summed E-state index contributed by atoms with van der Waals surface area (Å²) in [7, 11) is 0. The Bertz CT molecular complexity index is 551. The second-order valence-corrected chi connectivity index (χ2v) is 6.25. The van der Waals surface area contributed by atoms with E-state index in [1.165, 1.54) is 0 Å². The van der Waals surface area contributed by atoms with Gasteiger partial charge in [0.25, 0.3) is 0 Å². The normalized spacial score (nSPS) is 18.5. The summed E-state index contributed by atoms with van der Waals surface area (Å²) in [6.07, 6.45) is 1.76. The molecule has 0 spiro atoms. The summed E-state index contributed by atoms with van der Waals surface area (Å²) in [6, 6.07) is 6.00. The van der Waals surface area contributed by atoms with Crippen LogP contribution < -0.4 is 5.32 Å². The van der Waals surface area contributed by atoms with Gasteiger partial charge in [-0.25, -0.2) is 0 Å². The van der Waals surface area contributed by atoms with Crippen LogP contribution in [0.1, 0.15) is 30.9 Å². The van der Waals surface area contributed by atoms with Crippen molar-refractivity contribution in [2.24, 2.45) is 5.92 Å². The number of ether oxygens (including phenoxy) is 1. The summed E-state index contributed by atoms with van der Waals surface area (Å²) in [5.41, 5.74) is 3.08. The summed E-state index contributed by atoms with van der Waals surface area (Å²) in [6.45, 7) is 7.99. The van der Waals surface area contributed by atoms with Crippen LogP contribution >= 0.6 is 0 Å². The number of hydrogen-bond donors (Lipinski definition) is 1. The fourth-order valence-electron chi connectivity index (χ4n) is 3.10. The second kappa shape index (κ2) is 8.11. The van der Waals surface area contributed by atoms with Crippen LogP contribution in [0.15, 0.2) is 18.2 Å². The number of nitrogens with one attached hydrogen (secondary N) is 1. The number of carbonyl (C=O) groups excluding carboxylic acids is 2. The maximum Gasteiger partial charge on any atom is 0.310 e. The van der Waals surface area contributed by atoms with Crippen LogP contribution in [0.2, 0.25) is 0 Å². The quantitative estimate of drug-likeness (QED) is 0.848. The first-order chi connectivity index (χ1) is 11.0. The molecular weight excluding hydrogens is 292 g/mol. The van der Waals surface area contributed by atoms with Crippen molar-refractivity contribution < 1.29 is 14.3 Å². The van der Waals surface area contributed by atoms with Gasteiger partial charge in [0, 0.05) is 12.2 Å². The summed E-state index contributed by atoms with van der Waals surface area (Å²) >= 11 is 0. The van der Waals surface area contributed by atoms with E-state index >= 15 is 0 Å². The van der Waals surface area contributed by atoms with Gasteiger partial charge in [-0.05, 0) is 63.4 Å². The van der Waals surface area contributed by atoms with Crippen molar-refractivity contribution in [3.63, 3.8) is 0 Å². The highest BCUT2D eigenvalue weighted by Gasteiger charge is 2.27. The first kappa shape index (κ1) is 17.5. The number of rotatable bonds is 5. The highest BCUT2D eigenvalue weighted by Crippen LogP contribution is 2.18. The zero-order valence-electron chi connectivity index (χ0n) is 14.2. The van der Waals surface area contributed by atoms with Crippen molar-refractivity contribution in [1.82, 2.24) is 4.90 Å². The molecule has 0 saturated carbocycles. The molecule has 1 heterocycles. The van der Waals surface area contributed by atoms with Gasteiger partial charge in [-0.2, -0.15) is 0 Å². The van der Waals surface area contributed by atoms with Gasteiger partial charge in [-0.15, -0.1) is 0 Å². The third-order valence-electron chi connectivity index (χ3n) is 4.00. The molecule has 23 heavy (non-hydrogen) atoms. The van der Waals surface area contributed by atoms with Crippen LogP contribution in [-0.4, -0.2) is 43.0 Å². The largest absolute Gasteiger partial charge is 0.466 e. The predicted octanol–water partition coefficient (Wildman–Crippen LogP) is 2.52. The van der Waals surface area contributed by atoms with Crippen LogP contribution in [-0.2, 0) is 14.3 Å². The molecule has 5 nitrogen and oxygen atoms in total. The molecule has 1 atom stereocenters. The number of amides is 1. The van der Waals surface area contributed by atoms with Crippen molar-refractivity contribution in [2.75, 3.05) is 31.6 Å². The molecule has 1 N–H and O–H groups in total. The lowest BCUT2D eigenvalue weighted by Crippen LogP contribution is -2.43. The molecule has 1 aliphatic heterocycles. The molecule has 0 radical (unpaired) electrons. The molecule has 1 amide bonds. The third-order valence-corrected chi connectivity index (χ3v) is 4.00. The lowest BCUT2D eigenvalue weighted by molar-refractivity contribution is -0.150. The second-order valence-electron chi connectivity index (χ2n) is 6.25. The maximum atomic E-state index is 12.2. The molecule has 0 unspecified atom stereocenters. The fourth-order valence-corrected chi connectivity index (χ4v) is 3.10. The Morgan fingerprint density at radius 2 is 1.96 bits per heavy atom. The minimum atomic E-state index is -0.146. The van der Waals surface area contributed by atoms with Gasteiger partial charge < -0.3 is 10.1 Å². The zero-order valence-corrected chi connectivity index (χ0v) is 14.2. The van der Waals surface area contributed by atoms with Crippen LogP contribution in [0.4, 0.5) is 5.69 Å². The minimum Gasteiger partial charge on any atom is -0.466 e. The number of benzene rings is 1. The number of anilines is 1. The fraction of sp³-hybridized carbons (Fsp3) is 0.556. The van der Waals surface area contributed by atoms with Gasteiger partial charge in [0.2, 0.25) is 5.91 Å². The molecule has 0 aromatic heterocycles. The number of aryl methyl sites for hydroxylation is 2. The molecule has 1 aromatic rings. The first-order valence-electron chi connectivity index (χ1n) is 8.25. The van der Waals surface area contributed by atoms with E-state index in [0.29, 0.717) is 19.7 Å². The number of hydrogen-bond acceptors (Lipinski definition) is 4. The van der Waals surface area contributed by atoms with Gasteiger partial charge >= 0.3 is 5.97 Å². The Morgan fingerprint density at radius 3 is 2.61 bits per heavy atom. The first-order valence-corrected chi connectivity index (χ1v) is 8.25. The van der Waals surface area contributed by atoms with E-state index in [-0.39, 0.29) is 17.8 Å². The van der Waals surface area contributed by atoms with Crippen LogP contribution in [0.5, 0.6) is 0 Å². The minimum absolute atomic E-state index is 0.0421. The Kier molecular flexibility index (Phi) is 6.16. The van der Waals surface area contributed by atoms with Gasteiger partial charge in [0.15, 0.2) is 0 Å². The summed E-state index contributed by atoms with van der Waals surface area (Å²) in [4.78, 5) is 26.1. The van der Waals surface area contributed by atoms with Crippen molar-refractivity contribution in [3.8, 4) is 0 Å². The number of likely N-dealkylation sites (tertiary alicyclic amines) is 1. The smallest absolute Gasteiger partial charge is 0.310 e. The SMILES string of the molecule is CCOC(=O)[C@@H]1CCCN(CC(=O)Nc2cc(C)cc(C)c2)C1. The van der Waals surface area contributed by atoms with Crippen LogP contribution in [0, 0.1) is 19.8 Å². The third kappa shape index (κ3) is 5.36. The average Bonchev–Trinajstić information content (AvgIpc) is 2.46. The molecule has 0 aliphatic carbocycles. The van der Waals surface area contributed by atoms with Crippen molar-refractivity contribution in [3.05, 3.63) is 29.3 Å². The standard InChI is InChI=1S/C18H26N2O3/c1-4-23-18(22)15-6-5-7-20(11-15)12-17(21)19-16-9-13(2)8-14(3)10-16/h8-10,15H,4-7,11-12H2,1-3H3,(H,19,21)/t15-/m1/s1. The summed E-state index contributed by atoms with van der Waals surface area (Å²) < 4.78 is 5.09. The molecular formula is C18H26N2O3. The van der Waals surface area contributed by atoms with E-state index in [0.717, 1.165) is 36.2 Å². The van der Waals surface area contributed by atoms with Crippen LogP contribution in [0.25, 0.3) is 0 Å². The highest BCUT2D eigenvalue weighted by atomic mass is 16.5. The molecule has 126 valence electrons. The summed E-state index contributed by atoms with van der Waals surface area (Å²) in [5.74, 6) is -0.302. The molecule has 1 fully saturated rings. The van der Waals surface area contributed by atoms with E-state index in [1.807, 2.05) is 37.8 Å². The average molecular weight is 318 g/mol. The van der Waals surface area contributed by atoms with Gasteiger partial charge in [-0.1, -0.05) is 6.07 Å². The molecule has 1 aromatic carbocycles. The van der Waals surface area contributed by atoms with Gasteiger partial charge in [-0.3, -0.25) is 14.5 Å². The number of carbonyl (C=O) groups is 2. The number of piperidine rings is 1. The molecule has 2 rings (SSSR count). The Labute approximate surface area is 138 Å². The molecule has 5 heteroatoms. The van der Waals surface area contributed by atoms with Crippen molar-refractivity contribution in [1.29, 1.82) is 0 Å². The van der Waals surface area contributed by atoms with Gasteiger partial charge in [0.1, 0.15) is 0 Å². The van der Waals surface area contributed by atoms with E-state index < -0.39 is 0 Å². The van der Waals surface area contributed by atoms with Gasteiger partial charge in [0.05, 0.1) is 19.1 Å². The summed E-state index contributed by atoms with van der Waals surface area (Å²) in [5, 5.41) is 2.94. The lowest BCUT2D eigenvalue weighted by atomic mass is 9.98. The molecule has 1 saturated heterocycles. The van der Waals surface area contributed by atoms with E-state index in [2.05, 4.69) is 11.4 Å². The van der Waals surface area contributed by atoms with Crippen molar-refractivity contribution >= 4 is 17.6 Å². The van der Waals surface area contributed by atoms with Crippen LogP contribution in [0.3, 0.4) is 0 Å². The number of esters is 1. The predicted molar refractivity (Wildman–Crippen MR) is 90.3 cm³/mol. The Hall–Kier alpha value is -1.88. The lowest BCUT2D eigenvalue weighted by Gasteiger charge is -2.30. The zero-order chi connectivity index (χ0) is 16.8. The molecule has 1 aliphatic rings. The topological polar surface area (TPSA) is 58.6 Å². The van der Waals surface area contributed by atoms with E-state index in [4.69, 9.17) is 4.74 Å². The maximum absolute atomic E-state index is 12.2. The Balaban J connectivity index is 1.88. The molecule has 0 bridgehead atoms. The monoisotopic (exact) mass is 318 g/mol. The number of nitrogens with zero attached hydrogens (tertiary/aromatic N) is 1. The Morgan fingerprint density at radius 1 is 1.26 bits per heavy atom. The van der Waals surface area contributed by atoms with E-state index in [1.54, 1.807) is 0 Å². The van der Waals surface area contributed by atoms with E-state index in [9.17, 15) is 9.59 Å².